The van der Waals surface area contributed by atoms with Gasteiger partial charge in [0.15, 0.2) is 5.65 Å². The van der Waals surface area contributed by atoms with Gasteiger partial charge in [-0.15, -0.1) is 0 Å². The first-order chi connectivity index (χ1) is 12.1. The second-order valence-corrected chi connectivity index (χ2v) is 6.09. The van der Waals surface area contributed by atoms with Crippen molar-refractivity contribution in [3.05, 3.63) is 77.7 Å². The van der Waals surface area contributed by atoms with E-state index in [1.54, 1.807) is 41.1 Å². The van der Waals surface area contributed by atoms with Gasteiger partial charge in [-0.2, -0.15) is 0 Å². The van der Waals surface area contributed by atoms with Crippen LogP contribution in [0.3, 0.4) is 0 Å². The van der Waals surface area contributed by atoms with Crippen molar-refractivity contribution in [3.8, 4) is 22.9 Å². The summed E-state index contributed by atoms with van der Waals surface area (Å²) in [5, 5.41) is 20.0. The average molecular weight is 331 g/mol. The summed E-state index contributed by atoms with van der Waals surface area (Å²) in [6, 6.07) is 15.0. The summed E-state index contributed by atoms with van der Waals surface area (Å²) in [4.78, 5) is 8.89. The summed E-state index contributed by atoms with van der Waals surface area (Å²) in [6.07, 6.45) is 3.95. The Morgan fingerprint density at radius 1 is 0.960 bits per heavy atom. The molecular weight excluding hydrogens is 314 g/mol. The normalized spacial score (nSPS) is 11.1. The van der Waals surface area contributed by atoms with Crippen molar-refractivity contribution in [2.24, 2.45) is 0 Å². The number of aromatic nitrogens is 3. The Morgan fingerprint density at radius 3 is 2.40 bits per heavy atom. The molecule has 0 aliphatic heterocycles. The quantitative estimate of drug-likeness (QED) is 0.600. The van der Waals surface area contributed by atoms with E-state index in [4.69, 9.17) is 0 Å². The number of rotatable bonds is 3. The van der Waals surface area contributed by atoms with Crippen molar-refractivity contribution >= 4 is 5.65 Å². The Kier molecular flexibility index (Phi) is 3.61. The molecular formula is C20H17N3O2. The molecule has 0 bridgehead atoms. The predicted molar refractivity (Wildman–Crippen MR) is 95.7 cm³/mol. The molecule has 0 radical (unpaired) electrons. The van der Waals surface area contributed by atoms with Gasteiger partial charge in [0.25, 0.3) is 0 Å². The zero-order chi connectivity index (χ0) is 17.4. The number of imidazole rings is 1. The Balaban J connectivity index is 1.72. The number of aromatic hydroxyl groups is 2. The highest BCUT2D eigenvalue weighted by atomic mass is 16.3. The predicted octanol–water partition coefficient (Wildman–Crippen LogP) is 3.71. The van der Waals surface area contributed by atoms with E-state index in [1.807, 2.05) is 31.2 Å². The highest BCUT2D eigenvalue weighted by Crippen LogP contribution is 2.25. The lowest BCUT2D eigenvalue weighted by Crippen LogP contribution is -1.90. The van der Waals surface area contributed by atoms with Crippen molar-refractivity contribution in [3.63, 3.8) is 0 Å². The van der Waals surface area contributed by atoms with Crippen molar-refractivity contribution in [2.45, 2.75) is 13.3 Å². The molecule has 4 rings (SSSR count). The van der Waals surface area contributed by atoms with Gasteiger partial charge >= 0.3 is 0 Å². The molecule has 0 atom stereocenters. The van der Waals surface area contributed by atoms with Crippen LogP contribution in [-0.4, -0.2) is 24.6 Å². The molecule has 5 nitrogen and oxygen atoms in total. The van der Waals surface area contributed by atoms with Crippen LogP contribution in [0.25, 0.3) is 16.9 Å². The zero-order valence-electron chi connectivity index (χ0n) is 13.7. The van der Waals surface area contributed by atoms with Crippen LogP contribution >= 0.6 is 0 Å². The van der Waals surface area contributed by atoms with Gasteiger partial charge in [0.05, 0.1) is 11.9 Å². The molecule has 0 aliphatic carbocycles. The highest BCUT2D eigenvalue weighted by Gasteiger charge is 2.13. The Bertz CT molecular complexity index is 1040. The van der Waals surface area contributed by atoms with Crippen LogP contribution in [0.1, 0.15) is 16.8 Å². The van der Waals surface area contributed by atoms with Crippen LogP contribution in [-0.2, 0) is 6.42 Å². The third-order valence-corrected chi connectivity index (χ3v) is 4.21. The Labute approximate surface area is 144 Å². The van der Waals surface area contributed by atoms with Crippen molar-refractivity contribution in [1.82, 2.24) is 14.4 Å². The fourth-order valence-electron chi connectivity index (χ4n) is 2.79. The van der Waals surface area contributed by atoms with E-state index in [0.717, 1.165) is 11.1 Å². The van der Waals surface area contributed by atoms with Gasteiger partial charge in [0.2, 0.25) is 5.88 Å². The third kappa shape index (κ3) is 2.92. The molecule has 0 aliphatic rings. The number of aryl methyl sites for hydroxylation is 1. The molecule has 2 aromatic heterocycles. The summed E-state index contributed by atoms with van der Waals surface area (Å²) in [5.74, 6) is 0.327. The smallest absolute Gasteiger partial charge is 0.219 e. The summed E-state index contributed by atoms with van der Waals surface area (Å²) in [7, 11) is 0. The number of fused-ring (bicyclic) bond motifs is 1. The van der Waals surface area contributed by atoms with Gasteiger partial charge < -0.3 is 10.2 Å². The Hall–Kier alpha value is -3.34. The lowest BCUT2D eigenvalue weighted by Gasteiger charge is -2.03. The number of benzene rings is 2. The number of hydrogen-bond donors (Lipinski definition) is 2. The number of phenolic OH excluding ortho intramolecular Hbond substituents is 1. The van der Waals surface area contributed by atoms with Gasteiger partial charge in [0.1, 0.15) is 11.4 Å². The number of nitrogens with zero attached hydrogens (tertiary/aromatic N) is 3. The minimum absolute atomic E-state index is 0.123. The van der Waals surface area contributed by atoms with E-state index >= 15 is 0 Å². The van der Waals surface area contributed by atoms with E-state index < -0.39 is 0 Å². The van der Waals surface area contributed by atoms with Crippen molar-refractivity contribution in [1.29, 1.82) is 0 Å². The number of phenols is 1. The molecule has 0 unspecified atom stereocenters. The van der Waals surface area contributed by atoms with E-state index in [0.29, 0.717) is 23.5 Å². The molecule has 0 spiro atoms. The molecule has 2 heterocycles. The molecule has 0 fully saturated rings. The van der Waals surface area contributed by atoms with Crippen LogP contribution < -0.4 is 0 Å². The van der Waals surface area contributed by atoms with Crippen LogP contribution in [0.15, 0.2) is 60.9 Å². The first-order valence-electron chi connectivity index (χ1n) is 8.01. The van der Waals surface area contributed by atoms with Crippen molar-refractivity contribution < 1.29 is 10.2 Å². The molecule has 0 saturated carbocycles. The van der Waals surface area contributed by atoms with Crippen LogP contribution in [0.5, 0.6) is 11.6 Å². The minimum Gasteiger partial charge on any atom is -0.508 e. The second-order valence-electron chi connectivity index (χ2n) is 6.09. The van der Waals surface area contributed by atoms with Gasteiger partial charge in [-0.25, -0.2) is 4.98 Å². The number of hydrogen-bond acceptors (Lipinski definition) is 4. The topological polar surface area (TPSA) is 70.7 Å². The first-order valence-corrected chi connectivity index (χ1v) is 8.01. The maximum Gasteiger partial charge on any atom is 0.219 e. The molecule has 5 heteroatoms. The van der Waals surface area contributed by atoms with E-state index in [-0.39, 0.29) is 11.6 Å². The fourth-order valence-corrected chi connectivity index (χ4v) is 2.79. The molecule has 25 heavy (non-hydrogen) atoms. The van der Waals surface area contributed by atoms with Crippen LogP contribution in [0.4, 0.5) is 0 Å². The average Bonchev–Trinajstić information content (AvgIpc) is 2.93. The molecule has 4 aromatic rings. The van der Waals surface area contributed by atoms with Gasteiger partial charge in [0, 0.05) is 18.2 Å². The van der Waals surface area contributed by atoms with Crippen LogP contribution in [0.2, 0.25) is 0 Å². The maximum absolute atomic E-state index is 10.6. The summed E-state index contributed by atoms with van der Waals surface area (Å²) < 4.78 is 1.64. The largest absolute Gasteiger partial charge is 0.508 e. The highest BCUT2D eigenvalue weighted by molar-refractivity contribution is 5.61. The molecule has 2 aromatic carbocycles. The SMILES string of the molecule is Cc1ccc(Cc2nc3cnc(-c4ccc(O)cc4)cn3c2O)cc1. The molecule has 124 valence electrons. The monoisotopic (exact) mass is 331 g/mol. The van der Waals surface area contributed by atoms with E-state index in [1.165, 1.54) is 5.56 Å². The van der Waals surface area contributed by atoms with Crippen molar-refractivity contribution in [2.75, 3.05) is 0 Å². The summed E-state index contributed by atoms with van der Waals surface area (Å²) in [6.45, 7) is 2.04. The van der Waals surface area contributed by atoms with E-state index in [9.17, 15) is 10.2 Å². The maximum atomic E-state index is 10.6. The lowest BCUT2D eigenvalue weighted by atomic mass is 10.1. The third-order valence-electron chi connectivity index (χ3n) is 4.21. The fraction of sp³-hybridized carbons (Fsp3) is 0.100. The molecule has 0 amide bonds. The molecule has 0 saturated heterocycles. The van der Waals surface area contributed by atoms with Gasteiger partial charge in [-0.3, -0.25) is 9.38 Å². The minimum atomic E-state index is 0.123. The van der Waals surface area contributed by atoms with Crippen LogP contribution in [0, 0.1) is 6.92 Å². The summed E-state index contributed by atoms with van der Waals surface area (Å²) in [5.41, 5.74) is 5.06. The zero-order valence-corrected chi connectivity index (χ0v) is 13.7. The second kappa shape index (κ2) is 5.94. The lowest BCUT2D eigenvalue weighted by molar-refractivity contribution is 0.442. The first kappa shape index (κ1) is 15.2. The Morgan fingerprint density at radius 2 is 1.68 bits per heavy atom. The standard InChI is InChI=1S/C20H17N3O2/c1-13-2-4-14(5-3-13)10-17-20(25)23-12-18(21-11-19(23)22-17)15-6-8-16(24)9-7-15/h2-9,11-12,24-25H,10H2,1H3. The van der Waals surface area contributed by atoms with Gasteiger partial charge in [-0.05, 0) is 36.8 Å². The van der Waals surface area contributed by atoms with Gasteiger partial charge in [-0.1, -0.05) is 29.8 Å². The van der Waals surface area contributed by atoms with E-state index in [2.05, 4.69) is 9.97 Å². The molecule has 2 N–H and O–H groups in total. The summed E-state index contributed by atoms with van der Waals surface area (Å²) >= 11 is 0.